The highest BCUT2D eigenvalue weighted by Gasteiger charge is 2.22. The first-order chi connectivity index (χ1) is 14.8. The van der Waals surface area contributed by atoms with Gasteiger partial charge in [-0.05, 0) is 49.0 Å². The van der Waals surface area contributed by atoms with Crippen molar-refractivity contribution in [2.45, 2.75) is 11.4 Å². The Morgan fingerprint density at radius 3 is 2.47 bits per heavy atom. The second-order valence-corrected chi connectivity index (χ2v) is 9.51. The minimum atomic E-state index is -3.93. The van der Waals surface area contributed by atoms with Crippen molar-refractivity contribution in [1.29, 1.82) is 0 Å². The Balaban J connectivity index is 0.00000289. The SMILES string of the molecule is CNCc1cn(S(=O)(=O)c2cccnc2)c2cc(Nc3c(F)cc(Br)cc3F)ccc12.Cl. The molecule has 0 aliphatic carbocycles. The minimum Gasteiger partial charge on any atom is -0.351 e. The predicted molar refractivity (Wildman–Crippen MR) is 126 cm³/mol. The lowest BCUT2D eigenvalue weighted by atomic mass is 10.1. The molecular formula is C21H18BrClF2N4O2S. The summed E-state index contributed by atoms with van der Waals surface area (Å²) in [6.07, 6.45) is 4.30. The highest BCUT2D eigenvalue weighted by molar-refractivity contribution is 9.10. The first-order valence-corrected chi connectivity index (χ1v) is 11.4. The third kappa shape index (κ3) is 4.49. The van der Waals surface area contributed by atoms with Crippen LogP contribution in [0.5, 0.6) is 0 Å². The zero-order valence-electron chi connectivity index (χ0n) is 16.6. The average Bonchev–Trinajstić information content (AvgIpc) is 3.10. The summed E-state index contributed by atoms with van der Waals surface area (Å²) in [6, 6.07) is 10.2. The standard InChI is InChI=1S/C21H17BrF2N4O2S.ClH/c1-25-10-13-12-28(31(29,30)16-3-2-6-26-11-16)20-9-15(4-5-17(13)20)27-21-18(23)7-14(22)8-19(21)24;/h2-9,11-12,25,27H,10H2,1H3;1H. The highest BCUT2D eigenvalue weighted by atomic mass is 79.9. The molecule has 2 N–H and O–H groups in total. The molecular weight excluding hydrogens is 526 g/mol. The van der Waals surface area contributed by atoms with E-state index in [1.807, 2.05) is 0 Å². The molecule has 0 fully saturated rings. The summed E-state index contributed by atoms with van der Waals surface area (Å²) in [4.78, 5) is 3.93. The van der Waals surface area contributed by atoms with E-state index in [1.54, 1.807) is 31.3 Å². The summed E-state index contributed by atoms with van der Waals surface area (Å²) in [5, 5.41) is 6.43. The van der Waals surface area contributed by atoms with Gasteiger partial charge in [0.15, 0.2) is 11.6 Å². The van der Waals surface area contributed by atoms with Crippen molar-refractivity contribution in [3.05, 3.63) is 82.7 Å². The van der Waals surface area contributed by atoms with Crippen LogP contribution in [-0.2, 0) is 16.6 Å². The maximum atomic E-state index is 14.3. The van der Waals surface area contributed by atoms with E-state index in [0.29, 0.717) is 23.1 Å². The molecule has 0 aliphatic rings. The van der Waals surface area contributed by atoms with E-state index in [-0.39, 0.29) is 27.5 Å². The fourth-order valence-electron chi connectivity index (χ4n) is 3.29. The summed E-state index contributed by atoms with van der Waals surface area (Å²) in [7, 11) is -2.17. The van der Waals surface area contributed by atoms with Crippen LogP contribution in [0.3, 0.4) is 0 Å². The van der Waals surface area contributed by atoms with Gasteiger partial charge in [-0.25, -0.2) is 21.2 Å². The van der Waals surface area contributed by atoms with E-state index < -0.39 is 21.7 Å². The van der Waals surface area contributed by atoms with Crippen molar-refractivity contribution in [3.63, 3.8) is 0 Å². The van der Waals surface area contributed by atoms with Crippen molar-refractivity contribution in [2.24, 2.45) is 0 Å². The second kappa shape index (κ2) is 9.53. The third-order valence-corrected chi connectivity index (χ3v) is 6.80. The molecule has 0 aliphatic heterocycles. The lowest BCUT2D eigenvalue weighted by Gasteiger charge is -2.11. The van der Waals surface area contributed by atoms with Crippen molar-refractivity contribution in [2.75, 3.05) is 12.4 Å². The molecule has 2 heterocycles. The Kier molecular flexibility index (Phi) is 7.19. The Bertz CT molecular complexity index is 1360. The minimum absolute atomic E-state index is 0. The van der Waals surface area contributed by atoms with E-state index in [0.717, 1.165) is 21.7 Å². The highest BCUT2D eigenvalue weighted by Crippen LogP contribution is 2.31. The molecule has 4 aromatic rings. The lowest BCUT2D eigenvalue weighted by Crippen LogP contribution is -2.12. The molecule has 11 heteroatoms. The fraction of sp³-hybridized carbons (Fsp3) is 0.0952. The molecule has 0 atom stereocenters. The Labute approximate surface area is 198 Å². The summed E-state index contributed by atoms with van der Waals surface area (Å²) in [6.45, 7) is 0.439. The molecule has 2 aromatic carbocycles. The number of pyridine rings is 1. The molecule has 0 saturated carbocycles. The van der Waals surface area contributed by atoms with Gasteiger partial charge in [-0.3, -0.25) is 4.98 Å². The van der Waals surface area contributed by atoms with Gasteiger partial charge in [-0.1, -0.05) is 22.0 Å². The van der Waals surface area contributed by atoms with Crippen LogP contribution in [0.25, 0.3) is 10.9 Å². The molecule has 0 amide bonds. The Hall–Kier alpha value is -2.53. The van der Waals surface area contributed by atoms with Crippen molar-refractivity contribution < 1.29 is 17.2 Å². The number of benzene rings is 2. The van der Waals surface area contributed by atoms with Crippen LogP contribution in [0.2, 0.25) is 0 Å². The quantitative estimate of drug-likeness (QED) is 0.350. The van der Waals surface area contributed by atoms with Crippen LogP contribution in [0.1, 0.15) is 5.56 Å². The van der Waals surface area contributed by atoms with Gasteiger partial charge in [-0.2, -0.15) is 0 Å². The average molecular weight is 544 g/mol. The third-order valence-electron chi connectivity index (χ3n) is 4.69. The number of hydrogen-bond donors (Lipinski definition) is 2. The molecule has 2 aromatic heterocycles. The monoisotopic (exact) mass is 542 g/mol. The number of hydrogen-bond acceptors (Lipinski definition) is 5. The summed E-state index contributed by atoms with van der Waals surface area (Å²) >= 11 is 3.05. The first-order valence-electron chi connectivity index (χ1n) is 9.17. The number of nitrogens with zero attached hydrogens (tertiary/aromatic N) is 2. The number of aromatic nitrogens is 2. The zero-order chi connectivity index (χ0) is 22.2. The van der Waals surface area contributed by atoms with E-state index in [1.165, 1.54) is 24.7 Å². The van der Waals surface area contributed by atoms with E-state index in [4.69, 9.17) is 0 Å². The van der Waals surface area contributed by atoms with Crippen molar-refractivity contribution >= 4 is 60.6 Å². The molecule has 0 saturated heterocycles. The van der Waals surface area contributed by atoms with Crippen LogP contribution < -0.4 is 10.6 Å². The van der Waals surface area contributed by atoms with Gasteiger partial charge < -0.3 is 10.6 Å². The van der Waals surface area contributed by atoms with E-state index >= 15 is 0 Å². The maximum Gasteiger partial charge on any atom is 0.269 e. The van der Waals surface area contributed by atoms with Crippen molar-refractivity contribution in [1.82, 2.24) is 14.3 Å². The Morgan fingerprint density at radius 1 is 1.12 bits per heavy atom. The molecule has 168 valence electrons. The fourth-order valence-corrected chi connectivity index (χ4v) is 5.04. The van der Waals surface area contributed by atoms with Crippen LogP contribution >= 0.6 is 28.3 Å². The van der Waals surface area contributed by atoms with Gasteiger partial charge in [0.2, 0.25) is 0 Å². The van der Waals surface area contributed by atoms with Gasteiger partial charge in [0.05, 0.1) is 5.52 Å². The molecule has 0 spiro atoms. The summed E-state index contributed by atoms with van der Waals surface area (Å²) in [5.41, 5.74) is 1.14. The molecule has 0 unspecified atom stereocenters. The lowest BCUT2D eigenvalue weighted by molar-refractivity contribution is 0.587. The van der Waals surface area contributed by atoms with Gasteiger partial charge in [0.1, 0.15) is 10.6 Å². The second-order valence-electron chi connectivity index (χ2n) is 6.78. The number of nitrogens with one attached hydrogen (secondary N) is 2. The topological polar surface area (TPSA) is 76.0 Å². The van der Waals surface area contributed by atoms with E-state index in [2.05, 4.69) is 31.5 Å². The van der Waals surface area contributed by atoms with Crippen LogP contribution in [-0.4, -0.2) is 24.4 Å². The first kappa shape index (κ1) is 24.1. The van der Waals surface area contributed by atoms with Gasteiger partial charge in [0, 0.05) is 40.7 Å². The van der Waals surface area contributed by atoms with Crippen LogP contribution in [0, 0.1) is 11.6 Å². The van der Waals surface area contributed by atoms with Crippen molar-refractivity contribution in [3.8, 4) is 0 Å². The largest absolute Gasteiger partial charge is 0.351 e. The summed E-state index contributed by atoms with van der Waals surface area (Å²) < 4.78 is 56.4. The molecule has 32 heavy (non-hydrogen) atoms. The van der Waals surface area contributed by atoms with Gasteiger partial charge in [0.25, 0.3) is 10.0 Å². The predicted octanol–water partition coefficient (Wildman–Crippen LogP) is 5.20. The number of fused-ring (bicyclic) bond motifs is 1. The van der Waals surface area contributed by atoms with Crippen LogP contribution in [0.4, 0.5) is 20.2 Å². The molecule has 6 nitrogen and oxygen atoms in total. The number of rotatable bonds is 6. The molecule has 0 bridgehead atoms. The van der Waals surface area contributed by atoms with Gasteiger partial charge >= 0.3 is 0 Å². The Morgan fingerprint density at radius 2 is 1.84 bits per heavy atom. The van der Waals surface area contributed by atoms with E-state index in [9.17, 15) is 17.2 Å². The maximum absolute atomic E-state index is 14.3. The zero-order valence-corrected chi connectivity index (χ0v) is 19.9. The van der Waals surface area contributed by atoms with Crippen LogP contribution in [0.15, 0.2) is 70.4 Å². The smallest absolute Gasteiger partial charge is 0.269 e. The number of halogens is 4. The van der Waals surface area contributed by atoms with Gasteiger partial charge in [-0.15, -0.1) is 12.4 Å². The number of anilines is 2. The molecule has 4 rings (SSSR count). The molecule has 0 radical (unpaired) electrons. The normalized spacial score (nSPS) is 11.4. The summed E-state index contributed by atoms with van der Waals surface area (Å²) in [5.74, 6) is -1.55.